The third-order valence-electron chi connectivity index (χ3n) is 5.74. The normalized spacial score (nSPS) is 39.2. The van der Waals surface area contributed by atoms with Gasteiger partial charge in [0.1, 0.15) is 5.75 Å². The molecule has 0 heterocycles. The number of phenolic OH excluding ortho intramolecular Hbond substituents is 1. The first-order valence-electron chi connectivity index (χ1n) is 7.47. The van der Waals surface area contributed by atoms with Gasteiger partial charge in [0.25, 0.3) is 0 Å². The topological polar surface area (TPSA) is 44.0 Å². The van der Waals surface area contributed by atoms with Crippen LogP contribution in [0.2, 0.25) is 0 Å². The maximum atomic E-state index is 10.2. The molecule has 1 aromatic carbocycles. The molecule has 4 saturated carbocycles. The summed E-state index contributed by atoms with van der Waals surface area (Å²) >= 11 is 0. The van der Waals surface area contributed by atoms with E-state index in [0.29, 0.717) is 17.2 Å². The van der Waals surface area contributed by atoms with E-state index in [4.69, 9.17) is 5.26 Å². The fourth-order valence-electron chi connectivity index (χ4n) is 5.32. The molecule has 4 aliphatic rings. The van der Waals surface area contributed by atoms with Crippen LogP contribution in [0.4, 0.5) is 0 Å². The van der Waals surface area contributed by atoms with E-state index in [-0.39, 0.29) is 0 Å². The second-order valence-corrected chi connectivity index (χ2v) is 6.84. The molecule has 5 rings (SSSR count). The predicted octanol–water partition coefficient (Wildman–Crippen LogP) is 3.80. The molecule has 0 radical (unpaired) electrons. The Hall–Kier alpha value is -1.49. The second-order valence-electron chi connectivity index (χ2n) is 6.84. The van der Waals surface area contributed by atoms with Crippen LogP contribution >= 0.6 is 0 Å². The molecule has 19 heavy (non-hydrogen) atoms. The summed E-state index contributed by atoms with van der Waals surface area (Å²) in [7, 11) is 0. The summed E-state index contributed by atoms with van der Waals surface area (Å²) in [5.74, 6) is 4.28. The number of nitriles is 1. The van der Waals surface area contributed by atoms with Gasteiger partial charge >= 0.3 is 0 Å². The van der Waals surface area contributed by atoms with Gasteiger partial charge in [-0.3, -0.25) is 0 Å². The van der Waals surface area contributed by atoms with Crippen molar-refractivity contribution < 1.29 is 5.11 Å². The minimum atomic E-state index is 0.400. The molecule has 2 heteroatoms. The zero-order chi connectivity index (χ0) is 13.0. The Labute approximate surface area is 114 Å². The SMILES string of the molecule is N#Cc1ccc(O)c(C2C3CC4CC(C3)CC2C4)c1. The minimum absolute atomic E-state index is 0.400. The van der Waals surface area contributed by atoms with Crippen LogP contribution in [-0.2, 0) is 0 Å². The summed E-state index contributed by atoms with van der Waals surface area (Å²) < 4.78 is 0. The van der Waals surface area contributed by atoms with Gasteiger partial charge in [-0.2, -0.15) is 5.26 Å². The molecule has 0 saturated heterocycles. The van der Waals surface area contributed by atoms with Crippen molar-refractivity contribution in [3.05, 3.63) is 29.3 Å². The van der Waals surface area contributed by atoms with Crippen molar-refractivity contribution in [2.24, 2.45) is 23.7 Å². The lowest BCUT2D eigenvalue weighted by molar-refractivity contribution is -0.00347. The van der Waals surface area contributed by atoms with Crippen LogP contribution in [-0.4, -0.2) is 5.11 Å². The lowest BCUT2D eigenvalue weighted by Gasteiger charge is -2.54. The maximum absolute atomic E-state index is 10.2. The highest BCUT2D eigenvalue weighted by molar-refractivity contribution is 5.44. The van der Waals surface area contributed by atoms with Crippen LogP contribution in [0.25, 0.3) is 0 Å². The van der Waals surface area contributed by atoms with Crippen molar-refractivity contribution in [1.29, 1.82) is 5.26 Å². The lowest BCUT2D eigenvalue weighted by atomic mass is 9.50. The molecule has 1 aromatic rings. The Balaban J connectivity index is 1.75. The molecular weight excluding hydrogens is 234 g/mol. The molecule has 4 fully saturated rings. The predicted molar refractivity (Wildman–Crippen MR) is 72.6 cm³/mol. The van der Waals surface area contributed by atoms with Gasteiger partial charge in [-0.15, -0.1) is 0 Å². The molecule has 0 aliphatic heterocycles. The number of hydrogen-bond donors (Lipinski definition) is 1. The molecule has 0 aromatic heterocycles. The first kappa shape index (κ1) is 11.3. The van der Waals surface area contributed by atoms with E-state index in [1.54, 1.807) is 12.1 Å². The van der Waals surface area contributed by atoms with Crippen LogP contribution < -0.4 is 0 Å². The summed E-state index contributed by atoms with van der Waals surface area (Å²) in [6, 6.07) is 7.56. The highest BCUT2D eigenvalue weighted by Crippen LogP contribution is 2.60. The van der Waals surface area contributed by atoms with E-state index >= 15 is 0 Å². The Morgan fingerprint density at radius 2 is 1.63 bits per heavy atom. The maximum Gasteiger partial charge on any atom is 0.119 e. The van der Waals surface area contributed by atoms with Gasteiger partial charge in [0.15, 0.2) is 0 Å². The first-order valence-corrected chi connectivity index (χ1v) is 7.47. The van der Waals surface area contributed by atoms with Crippen molar-refractivity contribution in [2.45, 2.75) is 38.0 Å². The highest BCUT2D eigenvalue weighted by atomic mass is 16.3. The molecule has 4 aliphatic carbocycles. The van der Waals surface area contributed by atoms with Gasteiger partial charge in [0, 0.05) is 0 Å². The van der Waals surface area contributed by atoms with Gasteiger partial charge in [0.05, 0.1) is 11.6 Å². The van der Waals surface area contributed by atoms with Gasteiger partial charge in [-0.25, -0.2) is 0 Å². The average Bonchev–Trinajstić information content (AvgIpc) is 2.39. The monoisotopic (exact) mass is 253 g/mol. The van der Waals surface area contributed by atoms with Crippen LogP contribution in [0.1, 0.15) is 49.1 Å². The number of benzene rings is 1. The Morgan fingerprint density at radius 3 is 2.21 bits per heavy atom. The zero-order valence-corrected chi connectivity index (χ0v) is 11.0. The molecule has 0 unspecified atom stereocenters. The fourth-order valence-corrected chi connectivity index (χ4v) is 5.32. The van der Waals surface area contributed by atoms with Gasteiger partial charge in [-0.1, -0.05) is 0 Å². The third kappa shape index (κ3) is 1.68. The van der Waals surface area contributed by atoms with Gasteiger partial charge in [-0.05, 0) is 85.5 Å². The molecule has 98 valence electrons. The molecule has 0 spiro atoms. The van der Waals surface area contributed by atoms with Crippen LogP contribution in [0, 0.1) is 35.0 Å². The number of hydrogen-bond acceptors (Lipinski definition) is 2. The Bertz CT molecular complexity index is 529. The fraction of sp³-hybridized carbons (Fsp3) is 0.588. The Morgan fingerprint density at radius 1 is 1.00 bits per heavy atom. The lowest BCUT2D eigenvalue weighted by Crippen LogP contribution is -2.43. The largest absolute Gasteiger partial charge is 0.508 e. The summed E-state index contributed by atoms with van der Waals surface area (Å²) in [6.07, 6.45) is 6.81. The van der Waals surface area contributed by atoms with Crippen molar-refractivity contribution in [3.63, 3.8) is 0 Å². The van der Waals surface area contributed by atoms with Gasteiger partial charge in [0.2, 0.25) is 0 Å². The summed E-state index contributed by atoms with van der Waals surface area (Å²) in [4.78, 5) is 0. The van der Waals surface area contributed by atoms with E-state index in [2.05, 4.69) is 6.07 Å². The van der Waals surface area contributed by atoms with Crippen molar-refractivity contribution in [3.8, 4) is 11.8 Å². The summed E-state index contributed by atoms with van der Waals surface area (Å²) in [5.41, 5.74) is 1.73. The van der Waals surface area contributed by atoms with E-state index < -0.39 is 0 Å². The molecule has 2 nitrogen and oxygen atoms in total. The van der Waals surface area contributed by atoms with Crippen LogP contribution in [0.3, 0.4) is 0 Å². The zero-order valence-electron chi connectivity index (χ0n) is 11.0. The van der Waals surface area contributed by atoms with Crippen molar-refractivity contribution >= 4 is 0 Å². The number of rotatable bonds is 1. The minimum Gasteiger partial charge on any atom is -0.508 e. The molecule has 0 atom stereocenters. The number of aromatic hydroxyl groups is 1. The van der Waals surface area contributed by atoms with E-state index in [0.717, 1.165) is 29.2 Å². The standard InChI is InChI=1S/C17H19NO/c18-9-10-1-2-16(19)15(8-10)17-13-4-11-3-12(6-13)7-14(17)5-11/h1-2,8,11-14,17,19H,3-7H2. The van der Waals surface area contributed by atoms with Crippen molar-refractivity contribution in [2.75, 3.05) is 0 Å². The molecular formula is C17H19NO. The molecule has 0 amide bonds. The highest BCUT2D eigenvalue weighted by Gasteiger charge is 2.49. The molecule has 4 bridgehead atoms. The molecule has 1 N–H and O–H groups in total. The Kier molecular flexibility index (Phi) is 2.39. The second kappa shape index (κ2) is 4.00. The summed E-state index contributed by atoms with van der Waals surface area (Å²) in [6.45, 7) is 0. The third-order valence-corrected chi connectivity index (χ3v) is 5.74. The van der Waals surface area contributed by atoms with E-state index in [1.165, 1.54) is 32.1 Å². The van der Waals surface area contributed by atoms with E-state index in [9.17, 15) is 5.11 Å². The van der Waals surface area contributed by atoms with Gasteiger partial charge < -0.3 is 5.11 Å². The first-order chi connectivity index (χ1) is 9.24. The van der Waals surface area contributed by atoms with Crippen LogP contribution in [0.5, 0.6) is 5.75 Å². The summed E-state index contributed by atoms with van der Waals surface area (Å²) in [5, 5.41) is 19.3. The van der Waals surface area contributed by atoms with E-state index in [1.807, 2.05) is 6.07 Å². The van der Waals surface area contributed by atoms with Crippen LogP contribution in [0.15, 0.2) is 18.2 Å². The number of nitrogens with zero attached hydrogens (tertiary/aromatic N) is 1. The number of phenols is 1. The smallest absolute Gasteiger partial charge is 0.119 e. The quantitative estimate of drug-likeness (QED) is 0.827. The average molecular weight is 253 g/mol. The van der Waals surface area contributed by atoms with Crippen molar-refractivity contribution in [1.82, 2.24) is 0 Å².